The summed E-state index contributed by atoms with van der Waals surface area (Å²) in [5.74, 6) is 0.400. The summed E-state index contributed by atoms with van der Waals surface area (Å²) < 4.78 is 36.4. The van der Waals surface area contributed by atoms with Gasteiger partial charge in [0.2, 0.25) is 0 Å². The quantitative estimate of drug-likeness (QED) is 0.916. The molecule has 1 aliphatic heterocycles. The highest BCUT2D eigenvalue weighted by molar-refractivity contribution is 7.91. The van der Waals surface area contributed by atoms with Gasteiger partial charge in [-0.25, -0.2) is 12.8 Å². The Morgan fingerprint density at radius 1 is 1.47 bits per heavy atom. The van der Waals surface area contributed by atoms with Gasteiger partial charge in [-0.1, -0.05) is 6.07 Å². The molecule has 1 heterocycles. The van der Waals surface area contributed by atoms with Crippen LogP contribution < -0.4 is 5.32 Å². The van der Waals surface area contributed by atoms with E-state index in [1.54, 1.807) is 12.1 Å². The van der Waals surface area contributed by atoms with Crippen molar-refractivity contribution >= 4 is 9.84 Å². The van der Waals surface area contributed by atoms with Crippen LogP contribution in [0, 0.1) is 18.7 Å². The average Bonchev–Trinajstić information content (AvgIpc) is 2.70. The Labute approximate surface area is 114 Å². The molecular weight excluding hydrogens is 265 g/mol. The molecule has 19 heavy (non-hydrogen) atoms. The average molecular weight is 285 g/mol. The first kappa shape index (κ1) is 14.5. The van der Waals surface area contributed by atoms with Gasteiger partial charge < -0.3 is 5.32 Å². The van der Waals surface area contributed by atoms with Crippen LogP contribution in [-0.4, -0.2) is 33.0 Å². The van der Waals surface area contributed by atoms with Gasteiger partial charge in [-0.05, 0) is 56.0 Å². The first-order valence-corrected chi connectivity index (χ1v) is 8.36. The molecule has 0 spiro atoms. The van der Waals surface area contributed by atoms with Crippen molar-refractivity contribution in [1.82, 2.24) is 5.32 Å². The monoisotopic (exact) mass is 285 g/mol. The summed E-state index contributed by atoms with van der Waals surface area (Å²) in [7, 11) is -1.04. The van der Waals surface area contributed by atoms with Crippen molar-refractivity contribution in [3.8, 4) is 0 Å². The SMILES string of the molecule is CNC(Cc1cc(F)ccc1C)C1CCS(=O)(=O)C1. The lowest BCUT2D eigenvalue weighted by Crippen LogP contribution is -2.36. The van der Waals surface area contributed by atoms with E-state index in [1.165, 1.54) is 6.07 Å². The Morgan fingerprint density at radius 2 is 2.21 bits per heavy atom. The summed E-state index contributed by atoms with van der Waals surface area (Å²) in [4.78, 5) is 0. The largest absolute Gasteiger partial charge is 0.316 e. The maximum Gasteiger partial charge on any atom is 0.150 e. The van der Waals surface area contributed by atoms with Crippen molar-refractivity contribution < 1.29 is 12.8 Å². The van der Waals surface area contributed by atoms with Crippen LogP contribution in [-0.2, 0) is 16.3 Å². The van der Waals surface area contributed by atoms with Gasteiger partial charge in [0.15, 0.2) is 9.84 Å². The second-order valence-corrected chi connectivity index (χ2v) is 7.56. The highest BCUT2D eigenvalue weighted by Gasteiger charge is 2.33. The smallest absolute Gasteiger partial charge is 0.150 e. The van der Waals surface area contributed by atoms with E-state index < -0.39 is 9.84 Å². The molecule has 1 saturated heterocycles. The highest BCUT2D eigenvalue weighted by Crippen LogP contribution is 2.25. The predicted molar refractivity (Wildman–Crippen MR) is 74.4 cm³/mol. The minimum Gasteiger partial charge on any atom is -0.316 e. The number of hydrogen-bond acceptors (Lipinski definition) is 3. The van der Waals surface area contributed by atoms with Crippen molar-refractivity contribution in [3.63, 3.8) is 0 Å². The molecule has 0 aromatic heterocycles. The van der Waals surface area contributed by atoms with Gasteiger partial charge in [0.25, 0.3) is 0 Å². The number of aryl methyl sites for hydroxylation is 1. The number of benzene rings is 1. The van der Waals surface area contributed by atoms with E-state index in [1.807, 2.05) is 14.0 Å². The second-order valence-electron chi connectivity index (χ2n) is 5.33. The van der Waals surface area contributed by atoms with Crippen LogP contribution in [0.4, 0.5) is 4.39 Å². The number of halogens is 1. The van der Waals surface area contributed by atoms with Gasteiger partial charge in [0.1, 0.15) is 5.82 Å². The number of hydrogen-bond donors (Lipinski definition) is 1. The third kappa shape index (κ3) is 3.54. The van der Waals surface area contributed by atoms with Crippen LogP contribution in [0.3, 0.4) is 0 Å². The van der Waals surface area contributed by atoms with Gasteiger partial charge in [-0.2, -0.15) is 0 Å². The first-order chi connectivity index (χ1) is 8.91. The third-order valence-corrected chi connectivity index (χ3v) is 5.75. The summed E-state index contributed by atoms with van der Waals surface area (Å²) in [5.41, 5.74) is 1.99. The number of sulfone groups is 1. The van der Waals surface area contributed by atoms with E-state index in [0.717, 1.165) is 11.1 Å². The standard InChI is InChI=1S/C14H20FNO2S/c1-10-3-4-13(15)7-12(10)8-14(16-2)11-5-6-19(17,18)9-11/h3-4,7,11,14,16H,5-6,8-9H2,1-2H3. The van der Waals surface area contributed by atoms with Crippen molar-refractivity contribution in [1.29, 1.82) is 0 Å². The van der Waals surface area contributed by atoms with Crippen LogP contribution in [0.25, 0.3) is 0 Å². The van der Waals surface area contributed by atoms with Crippen molar-refractivity contribution in [2.24, 2.45) is 5.92 Å². The molecule has 1 aromatic rings. The number of rotatable bonds is 4. The maximum atomic E-state index is 13.3. The van der Waals surface area contributed by atoms with Crippen LogP contribution in [0.5, 0.6) is 0 Å². The van der Waals surface area contributed by atoms with Crippen LogP contribution in [0.2, 0.25) is 0 Å². The molecule has 3 nitrogen and oxygen atoms in total. The first-order valence-electron chi connectivity index (χ1n) is 6.54. The molecular formula is C14H20FNO2S. The van der Waals surface area contributed by atoms with Crippen LogP contribution >= 0.6 is 0 Å². The molecule has 2 atom stereocenters. The van der Waals surface area contributed by atoms with E-state index in [-0.39, 0.29) is 29.3 Å². The third-order valence-electron chi connectivity index (χ3n) is 3.96. The van der Waals surface area contributed by atoms with E-state index in [0.29, 0.717) is 12.8 Å². The van der Waals surface area contributed by atoms with E-state index in [9.17, 15) is 12.8 Å². The topological polar surface area (TPSA) is 46.2 Å². The lowest BCUT2D eigenvalue weighted by molar-refractivity contribution is 0.402. The Kier molecular flexibility index (Phi) is 4.26. The minimum absolute atomic E-state index is 0.0813. The highest BCUT2D eigenvalue weighted by atomic mass is 32.2. The number of likely N-dealkylation sites (N-methyl/N-ethyl adjacent to an activating group) is 1. The molecule has 0 saturated carbocycles. The Hall–Kier alpha value is -0.940. The second kappa shape index (κ2) is 5.59. The summed E-state index contributed by atoms with van der Waals surface area (Å²) in [5, 5.41) is 3.19. The Bertz CT molecular complexity index is 557. The number of nitrogens with one attached hydrogen (secondary N) is 1. The van der Waals surface area contributed by atoms with Gasteiger partial charge in [-0.3, -0.25) is 0 Å². The zero-order valence-electron chi connectivity index (χ0n) is 11.3. The summed E-state index contributed by atoms with van der Waals surface area (Å²) in [6, 6.07) is 4.84. The van der Waals surface area contributed by atoms with E-state index >= 15 is 0 Å². The summed E-state index contributed by atoms with van der Waals surface area (Å²) in [6.07, 6.45) is 1.36. The fraction of sp³-hybridized carbons (Fsp3) is 0.571. The molecule has 2 unspecified atom stereocenters. The molecule has 1 aromatic carbocycles. The summed E-state index contributed by atoms with van der Waals surface area (Å²) in [6.45, 7) is 1.95. The van der Waals surface area contributed by atoms with Crippen LogP contribution in [0.15, 0.2) is 18.2 Å². The normalized spacial score (nSPS) is 23.4. The van der Waals surface area contributed by atoms with E-state index in [4.69, 9.17) is 0 Å². The van der Waals surface area contributed by atoms with Crippen molar-refractivity contribution in [2.75, 3.05) is 18.6 Å². The van der Waals surface area contributed by atoms with Crippen molar-refractivity contribution in [2.45, 2.75) is 25.8 Å². The molecule has 0 amide bonds. The fourth-order valence-electron chi connectivity index (χ4n) is 2.74. The predicted octanol–water partition coefficient (Wildman–Crippen LogP) is 1.70. The molecule has 1 aliphatic rings. The van der Waals surface area contributed by atoms with Gasteiger partial charge in [0.05, 0.1) is 11.5 Å². The zero-order chi connectivity index (χ0) is 14.0. The van der Waals surface area contributed by atoms with Crippen molar-refractivity contribution in [3.05, 3.63) is 35.1 Å². The Balaban J connectivity index is 2.13. The van der Waals surface area contributed by atoms with Gasteiger partial charge in [-0.15, -0.1) is 0 Å². The maximum absolute atomic E-state index is 13.3. The molecule has 106 valence electrons. The molecule has 0 radical (unpaired) electrons. The minimum atomic E-state index is -2.88. The molecule has 1 N–H and O–H groups in total. The molecule has 5 heteroatoms. The molecule has 1 fully saturated rings. The van der Waals surface area contributed by atoms with E-state index in [2.05, 4.69) is 5.32 Å². The summed E-state index contributed by atoms with van der Waals surface area (Å²) >= 11 is 0. The lowest BCUT2D eigenvalue weighted by atomic mass is 9.91. The lowest BCUT2D eigenvalue weighted by Gasteiger charge is -2.23. The Morgan fingerprint density at radius 3 is 2.79 bits per heavy atom. The zero-order valence-corrected chi connectivity index (χ0v) is 12.1. The van der Waals surface area contributed by atoms with Gasteiger partial charge >= 0.3 is 0 Å². The van der Waals surface area contributed by atoms with Gasteiger partial charge in [0, 0.05) is 6.04 Å². The molecule has 0 bridgehead atoms. The van der Waals surface area contributed by atoms with Crippen LogP contribution in [0.1, 0.15) is 17.5 Å². The molecule has 0 aliphatic carbocycles. The fourth-order valence-corrected chi connectivity index (χ4v) is 4.62. The molecule has 2 rings (SSSR count).